The first-order valence-corrected chi connectivity index (χ1v) is 22.5. The molecule has 0 aromatic carbocycles. The number of ether oxygens (including phenoxy) is 4. The lowest BCUT2D eigenvalue weighted by Crippen LogP contribution is -2.63. The highest BCUT2D eigenvalue weighted by molar-refractivity contribution is 5.88. The van der Waals surface area contributed by atoms with Crippen molar-refractivity contribution in [2.24, 2.45) is 79.8 Å². The monoisotopic (exact) mass is 773 g/mol. The maximum absolute atomic E-state index is 14.1. The maximum atomic E-state index is 14.1. The topological polar surface area (TPSA) is 91.3 Å². The molecule has 16 atom stereocenters. The molecular formula is C48H84O7. The van der Waals surface area contributed by atoms with Crippen molar-refractivity contribution in [3.8, 4) is 0 Å². The summed E-state index contributed by atoms with van der Waals surface area (Å²) in [5.74, 6) is 3.52. The first-order valence-electron chi connectivity index (χ1n) is 22.5. The van der Waals surface area contributed by atoms with Gasteiger partial charge in [0.15, 0.2) is 0 Å². The van der Waals surface area contributed by atoms with Gasteiger partial charge in [0.25, 0.3) is 0 Å². The van der Waals surface area contributed by atoms with E-state index in [9.17, 15) is 14.7 Å². The number of hydrogen-bond donors (Lipinski definition) is 1. The van der Waals surface area contributed by atoms with E-state index >= 15 is 0 Å². The molecule has 55 heavy (non-hydrogen) atoms. The van der Waals surface area contributed by atoms with E-state index in [4.69, 9.17) is 18.9 Å². The third-order valence-electron chi connectivity index (χ3n) is 18.4. The number of hydrogen-bond acceptors (Lipinski definition) is 7. The van der Waals surface area contributed by atoms with E-state index in [2.05, 4.69) is 83.1 Å². The van der Waals surface area contributed by atoms with Crippen molar-refractivity contribution >= 4 is 11.6 Å². The molecule has 6 rings (SSSR count). The first-order chi connectivity index (χ1) is 25.6. The third-order valence-corrected chi connectivity index (χ3v) is 18.4. The number of ketones is 2. The maximum Gasteiger partial charge on any atom is 0.146 e. The van der Waals surface area contributed by atoms with Gasteiger partial charge in [0.2, 0.25) is 0 Å². The van der Waals surface area contributed by atoms with Crippen molar-refractivity contribution in [2.75, 3.05) is 28.1 Å². The van der Waals surface area contributed by atoms with Crippen molar-refractivity contribution in [1.82, 2.24) is 0 Å². The summed E-state index contributed by atoms with van der Waals surface area (Å²) in [6.45, 7) is 27.3. The summed E-state index contributed by atoms with van der Waals surface area (Å²) in [6.07, 6.45) is 11.8. The van der Waals surface area contributed by atoms with Crippen LogP contribution in [-0.2, 0) is 28.5 Å². The molecule has 0 aliphatic heterocycles. The zero-order chi connectivity index (χ0) is 41.1. The molecule has 6 aliphatic carbocycles. The van der Waals surface area contributed by atoms with Gasteiger partial charge in [-0.3, -0.25) is 9.59 Å². The highest BCUT2D eigenvalue weighted by atomic mass is 16.7. The molecule has 6 saturated carbocycles. The van der Waals surface area contributed by atoms with Gasteiger partial charge in [0.05, 0.1) is 24.4 Å². The predicted molar refractivity (Wildman–Crippen MR) is 220 cm³/mol. The minimum Gasteiger partial charge on any atom is -0.393 e. The number of Topliss-reactive ketones (excluding diaryl/α,β-unsaturated/α-hetero) is 2. The van der Waals surface area contributed by atoms with Crippen molar-refractivity contribution in [3.63, 3.8) is 0 Å². The third kappa shape index (κ3) is 7.18. The van der Waals surface area contributed by atoms with Crippen LogP contribution < -0.4 is 0 Å². The number of aliphatic hydroxyl groups excluding tert-OH is 1. The van der Waals surface area contributed by atoms with Gasteiger partial charge in [-0.1, -0.05) is 83.1 Å². The van der Waals surface area contributed by atoms with Crippen LogP contribution in [-0.4, -0.2) is 69.2 Å². The number of rotatable bonds is 9. The summed E-state index contributed by atoms with van der Waals surface area (Å²) >= 11 is 0. The first kappa shape index (κ1) is 45.2. The SMILES string of the molecule is COCO[C@@H]1C[C@@](C)(CC(C)C)C(=O)[C@H](C)C23CC[C@@H](C)[C@]1(C)C2[C@H](OC)CC3.CO[C@@H]1CCC23CC[C@@H](C)[C@](C)(C12)[C@H](O)C[C@@](C)(CC(C)C)C(=O)[C@@H]3C. The van der Waals surface area contributed by atoms with Crippen molar-refractivity contribution in [3.05, 3.63) is 0 Å². The standard InChI is InChI=1S/C25H44O4.C23H40O3/c1-16(2)13-23(5)14-20(29-15-27-7)24(6)17(3)9-11-25(18(4)22(23)26)12-10-19(28-8)21(24)25;1-14(2)12-21(5)13-18(24)22(6)15(3)8-10-23(16(4)20(21)25)11-9-17(26-7)19(22)23/h16-21H,9-15H2,1-8H3;14-19,24H,8-13H2,1-7H3/t17-,18+,19-,20-,21?,23-,24+,25?;15-,16+,17-,18-,19?,21-,22+,23?/m11/s1. The predicted octanol–water partition coefficient (Wildman–Crippen LogP) is 10.3. The van der Waals surface area contributed by atoms with Gasteiger partial charge in [-0.2, -0.15) is 0 Å². The van der Waals surface area contributed by atoms with Gasteiger partial charge in [-0.15, -0.1) is 0 Å². The van der Waals surface area contributed by atoms with E-state index in [-0.39, 0.29) is 69.9 Å². The molecule has 0 aromatic rings. The Morgan fingerprint density at radius 1 is 0.636 bits per heavy atom. The molecule has 6 aliphatic rings. The van der Waals surface area contributed by atoms with Gasteiger partial charge >= 0.3 is 0 Å². The zero-order valence-corrected chi connectivity index (χ0v) is 38.0. The van der Waals surface area contributed by atoms with E-state index in [1.54, 1.807) is 7.11 Å². The normalized spacial score (nSPS) is 49.7. The Labute approximate surface area is 336 Å². The fourth-order valence-corrected chi connectivity index (χ4v) is 15.6. The average Bonchev–Trinajstić information content (AvgIpc) is 3.72. The van der Waals surface area contributed by atoms with Crippen LogP contribution in [0, 0.1) is 79.8 Å². The fraction of sp³-hybridized carbons (Fsp3) is 0.958. The summed E-state index contributed by atoms with van der Waals surface area (Å²) in [5.41, 5.74) is -0.948. The Hall–Kier alpha value is -0.860. The van der Waals surface area contributed by atoms with E-state index in [1.165, 1.54) is 0 Å². The van der Waals surface area contributed by atoms with Gasteiger partial charge in [-0.25, -0.2) is 0 Å². The minimum atomic E-state index is -0.446. The molecule has 0 aromatic heterocycles. The van der Waals surface area contributed by atoms with Crippen LogP contribution in [0.25, 0.3) is 0 Å². The second kappa shape index (κ2) is 16.3. The lowest BCUT2D eigenvalue weighted by Gasteiger charge is -2.62. The molecule has 0 spiro atoms. The van der Waals surface area contributed by atoms with E-state index in [0.717, 1.165) is 70.6 Å². The average molecular weight is 773 g/mol. The van der Waals surface area contributed by atoms with Crippen molar-refractivity contribution in [2.45, 2.75) is 185 Å². The number of aliphatic hydroxyl groups is 1. The second-order valence-electron chi connectivity index (χ2n) is 22.1. The Balaban J connectivity index is 0.000000212. The summed E-state index contributed by atoms with van der Waals surface area (Å²) < 4.78 is 23.8. The van der Waals surface area contributed by atoms with Crippen molar-refractivity contribution in [1.29, 1.82) is 0 Å². The molecular weight excluding hydrogens is 689 g/mol. The van der Waals surface area contributed by atoms with Crippen LogP contribution in [0.5, 0.6) is 0 Å². The molecule has 0 heterocycles. The second-order valence-corrected chi connectivity index (χ2v) is 22.1. The Morgan fingerprint density at radius 3 is 1.45 bits per heavy atom. The molecule has 7 nitrogen and oxygen atoms in total. The molecule has 6 fully saturated rings. The van der Waals surface area contributed by atoms with Gasteiger partial charge in [0, 0.05) is 54.8 Å². The highest BCUT2D eigenvalue weighted by Gasteiger charge is 2.69. The summed E-state index contributed by atoms with van der Waals surface area (Å²) in [4.78, 5) is 27.8. The summed E-state index contributed by atoms with van der Waals surface area (Å²) in [6, 6.07) is 0. The molecule has 0 saturated heterocycles. The number of carbonyl (C=O) groups is 2. The van der Waals surface area contributed by atoms with Crippen LogP contribution in [0.2, 0.25) is 0 Å². The van der Waals surface area contributed by atoms with Gasteiger partial charge < -0.3 is 24.1 Å². The Bertz CT molecular complexity index is 1360. The Kier molecular flexibility index (Phi) is 13.4. The van der Waals surface area contributed by atoms with Crippen molar-refractivity contribution < 1.29 is 33.6 Å². The molecule has 4 bridgehead atoms. The van der Waals surface area contributed by atoms with Gasteiger partial charge in [-0.05, 0) is 123 Å². The van der Waals surface area contributed by atoms with E-state index in [1.807, 2.05) is 14.2 Å². The molecule has 318 valence electrons. The lowest BCUT2D eigenvalue weighted by molar-refractivity contribution is -0.220. The van der Waals surface area contributed by atoms with Crippen LogP contribution in [0.4, 0.5) is 0 Å². The lowest BCUT2D eigenvalue weighted by atomic mass is 9.43. The van der Waals surface area contributed by atoms with Gasteiger partial charge in [0.1, 0.15) is 18.4 Å². The highest BCUT2D eigenvalue weighted by Crippen LogP contribution is 2.70. The molecule has 7 heteroatoms. The minimum absolute atomic E-state index is 0.00133. The quantitative estimate of drug-likeness (QED) is 0.233. The fourth-order valence-electron chi connectivity index (χ4n) is 15.6. The van der Waals surface area contributed by atoms with Crippen LogP contribution in [0.15, 0.2) is 0 Å². The molecule has 0 radical (unpaired) electrons. The number of carbonyl (C=O) groups excluding carboxylic acids is 2. The van der Waals surface area contributed by atoms with E-state index < -0.39 is 11.5 Å². The van der Waals surface area contributed by atoms with Crippen LogP contribution in [0.1, 0.15) is 160 Å². The molecule has 0 amide bonds. The van der Waals surface area contributed by atoms with E-state index in [0.29, 0.717) is 47.6 Å². The van der Waals surface area contributed by atoms with Crippen LogP contribution in [0.3, 0.4) is 0 Å². The summed E-state index contributed by atoms with van der Waals surface area (Å²) in [7, 11) is 5.36. The Morgan fingerprint density at radius 2 is 1.04 bits per heavy atom. The number of methoxy groups -OCH3 is 3. The smallest absolute Gasteiger partial charge is 0.146 e. The zero-order valence-electron chi connectivity index (χ0n) is 38.0. The largest absolute Gasteiger partial charge is 0.393 e. The molecule has 1 N–H and O–H groups in total. The van der Waals surface area contributed by atoms with Crippen LogP contribution >= 0.6 is 0 Å². The summed E-state index contributed by atoms with van der Waals surface area (Å²) in [5, 5.41) is 11.6. The molecule has 4 unspecified atom stereocenters.